The summed E-state index contributed by atoms with van der Waals surface area (Å²) in [6.45, 7) is 0.327. The highest BCUT2D eigenvalue weighted by molar-refractivity contribution is 5.94. The zero-order valence-electron chi connectivity index (χ0n) is 14.5. The number of nitrogens with zero attached hydrogens (tertiary/aromatic N) is 1. The van der Waals surface area contributed by atoms with Gasteiger partial charge in [0.15, 0.2) is 17.5 Å². The summed E-state index contributed by atoms with van der Waals surface area (Å²) >= 11 is 0. The molecular weight excluding hydrogens is 374 g/mol. The van der Waals surface area contributed by atoms with Crippen molar-refractivity contribution in [1.29, 1.82) is 0 Å². The van der Waals surface area contributed by atoms with Crippen molar-refractivity contribution in [2.75, 3.05) is 11.9 Å². The molecule has 28 heavy (non-hydrogen) atoms. The SMILES string of the molecule is O=C(NCCc1ccc(F)cc1)c1ccnc(Nc2ccc(F)c(F)c2F)c1. The fraction of sp³-hybridized carbons (Fsp3) is 0.100. The number of hydrogen-bond donors (Lipinski definition) is 2. The summed E-state index contributed by atoms with van der Waals surface area (Å²) in [5.41, 5.74) is 0.812. The first-order valence-electron chi connectivity index (χ1n) is 8.33. The number of pyridine rings is 1. The lowest BCUT2D eigenvalue weighted by molar-refractivity contribution is 0.0954. The third-order valence-corrected chi connectivity index (χ3v) is 3.93. The summed E-state index contributed by atoms with van der Waals surface area (Å²) in [6, 6.07) is 10.6. The minimum atomic E-state index is -1.60. The van der Waals surface area contributed by atoms with E-state index in [1.165, 1.54) is 30.5 Å². The van der Waals surface area contributed by atoms with E-state index in [9.17, 15) is 22.4 Å². The molecule has 0 radical (unpaired) electrons. The second kappa shape index (κ2) is 8.51. The Morgan fingerprint density at radius 1 is 0.929 bits per heavy atom. The van der Waals surface area contributed by atoms with Crippen molar-refractivity contribution in [3.8, 4) is 0 Å². The average Bonchev–Trinajstić information content (AvgIpc) is 2.70. The van der Waals surface area contributed by atoms with Gasteiger partial charge < -0.3 is 10.6 Å². The van der Waals surface area contributed by atoms with Gasteiger partial charge >= 0.3 is 0 Å². The average molecular weight is 389 g/mol. The zero-order valence-corrected chi connectivity index (χ0v) is 14.5. The number of benzene rings is 2. The Labute approximate surface area is 158 Å². The van der Waals surface area contributed by atoms with Crippen molar-refractivity contribution in [3.63, 3.8) is 0 Å². The predicted molar refractivity (Wildman–Crippen MR) is 96.3 cm³/mol. The number of anilines is 2. The maximum absolute atomic E-state index is 13.8. The van der Waals surface area contributed by atoms with Gasteiger partial charge in [-0.15, -0.1) is 0 Å². The van der Waals surface area contributed by atoms with E-state index in [4.69, 9.17) is 0 Å². The molecule has 0 bridgehead atoms. The van der Waals surface area contributed by atoms with Crippen LogP contribution in [0.2, 0.25) is 0 Å². The van der Waals surface area contributed by atoms with E-state index in [1.807, 2.05) is 0 Å². The molecule has 0 atom stereocenters. The quantitative estimate of drug-likeness (QED) is 0.487. The maximum atomic E-state index is 13.8. The van der Waals surface area contributed by atoms with Gasteiger partial charge in [-0.1, -0.05) is 12.1 Å². The molecule has 0 saturated carbocycles. The summed E-state index contributed by atoms with van der Waals surface area (Å²) < 4.78 is 52.9. The Bertz CT molecular complexity index is 993. The number of hydrogen-bond acceptors (Lipinski definition) is 3. The molecule has 0 aliphatic heterocycles. The molecular formula is C20H15F4N3O. The van der Waals surface area contributed by atoms with Gasteiger partial charge in [0.2, 0.25) is 0 Å². The van der Waals surface area contributed by atoms with Crippen LogP contribution in [0.25, 0.3) is 0 Å². The van der Waals surface area contributed by atoms with E-state index in [2.05, 4.69) is 15.6 Å². The van der Waals surface area contributed by atoms with Crippen LogP contribution in [0.4, 0.5) is 29.1 Å². The lowest BCUT2D eigenvalue weighted by Gasteiger charge is -2.10. The maximum Gasteiger partial charge on any atom is 0.251 e. The van der Waals surface area contributed by atoms with E-state index in [1.54, 1.807) is 12.1 Å². The van der Waals surface area contributed by atoms with Gasteiger partial charge in [-0.2, -0.15) is 0 Å². The topological polar surface area (TPSA) is 54.0 Å². The second-order valence-corrected chi connectivity index (χ2v) is 5.91. The molecule has 0 spiro atoms. The summed E-state index contributed by atoms with van der Waals surface area (Å²) in [4.78, 5) is 16.2. The first-order valence-corrected chi connectivity index (χ1v) is 8.33. The number of carbonyl (C=O) groups excluding carboxylic acids is 1. The van der Waals surface area contributed by atoms with Crippen molar-refractivity contribution in [2.24, 2.45) is 0 Å². The molecule has 0 fully saturated rings. The Kier molecular flexibility index (Phi) is 5.88. The van der Waals surface area contributed by atoms with Crippen molar-refractivity contribution in [1.82, 2.24) is 10.3 Å². The molecule has 2 N–H and O–H groups in total. The molecule has 1 aromatic heterocycles. The van der Waals surface area contributed by atoms with E-state index < -0.39 is 23.4 Å². The van der Waals surface area contributed by atoms with Crippen LogP contribution >= 0.6 is 0 Å². The first kappa shape index (κ1) is 19.3. The molecule has 2 aromatic carbocycles. The van der Waals surface area contributed by atoms with Gasteiger partial charge in [0.25, 0.3) is 5.91 Å². The first-order chi connectivity index (χ1) is 13.4. The number of carbonyl (C=O) groups is 1. The molecule has 4 nitrogen and oxygen atoms in total. The third-order valence-electron chi connectivity index (χ3n) is 3.93. The molecule has 144 valence electrons. The number of halogens is 4. The van der Waals surface area contributed by atoms with Gasteiger partial charge in [-0.3, -0.25) is 4.79 Å². The molecule has 0 aliphatic carbocycles. The van der Waals surface area contributed by atoms with Gasteiger partial charge in [0, 0.05) is 18.3 Å². The molecule has 3 aromatic rings. The third kappa shape index (κ3) is 4.64. The van der Waals surface area contributed by atoms with E-state index in [0.717, 1.165) is 17.7 Å². The Hall–Kier alpha value is -3.42. The van der Waals surface area contributed by atoms with Crippen LogP contribution in [0.15, 0.2) is 54.7 Å². The van der Waals surface area contributed by atoms with Crippen LogP contribution < -0.4 is 10.6 Å². The number of amides is 1. The van der Waals surface area contributed by atoms with E-state index in [-0.39, 0.29) is 22.9 Å². The van der Waals surface area contributed by atoms with Crippen LogP contribution in [-0.4, -0.2) is 17.4 Å². The molecule has 1 heterocycles. The fourth-order valence-corrected chi connectivity index (χ4v) is 2.47. The summed E-state index contributed by atoms with van der Waals surface area (Å²) in [5, 5.41) is 5.22. The molecule has 0 unspecified atom stereocenters. The van der Waals surface area contributed by atoms with Gasteiger partial charge in [0.1, 0.15) is 11.6 Å². The van der Waals surface area contributed by atoms with Crippen molar-refractivity contribution in [3.05, 3.63) is 89.1 Å². The minimum Gasteiger partial charge on any atom is -0.352 e. The smallest absolute Gasteiger partial charge is 0.251 e. The molecule has 8 heteroatoms. The Morgan fingerprint density at radius 2 is 1.68 bits per heavy atom. The Balaban J connectivity index is 1.63. The monoisotopic (exact) mass is 389 g/mol. The highest BCUT2D eigenvalue weighted by Gasteiger charge is 2.14. The standard InChI is InChI=1S/C20H15F4N3O/c21-14-3-1-12(2-4-14)7-9-26-20(28)13-8-10-25-17(11-13)27-16-6-5-15(22)18(23)19(16)24/h1-6,8,10-11H,7,9H2,(H,25,27)(H,26,28). The lowest BCUT2D eigenvalue weighted by atomic mass is 10.1. The van der Waals surface area contributed by atoms with Crippen LogP contribution in [0.3, 0.4) is 0 Å². The number of rotatable bonds is 6. The Morgan fingerprint density at radius 3 is 2.43 bits per heavy atom. The highest BCUT2D eigenvalue weighted by Crippen LogP contribution is 2.23. The van der Waals surface area contributed by atoms with Crippen molar-refractivity contribution < 1.29 is 22.4 Å². The van der Waals surface area contributed by atoms with Crippen LogP contribution in [0.1, 0.15) is 15.9 Å². The van der Waals surface area contributed by atoms with Gasteiger partial charge in [0.05, 0.1) is 5.69 Å². The van der Waals surface area contributed by atoms with Gasteiger partial charge in [-0.05, 0) is 48.4 Å². The zero-order chi connectivity index (χ0) is 20.1. The van der Waals surface area contributed by atoms with Crippen molar-refractivity contribution in [2.45, 2.75) is 6.42 Å². The second-order valence-electron chi connectivity index (χ2n) is 5.91. The molecule has 0 aliphatic rings. The molecule has 0 saturated heterocycles. The number of nitrogens with one attached hydrogen (secondary N) is 2. The van der Waals surface area contributed by atoms with E-state index in [0.29, 0.717) is 13.0 Å². The van der Waals surface area contributed by atoms with Crippen LogP contribution in [-0.2, 0) is 6.42 Å². The normalized spacial score (nSPS) is 10.6. The minimum absolute atomic E-state index is 0.0936. The van der Waals surface area contributed by atoms with E-state index >= 15 is 0 Å². The molecule has 3 rings (SSSR count). The summed E-state index contributed by atoms with van der Waals surface area (Å²) in [5.74, 6) is -4.91. The molecule has 1 amide bonds. The highest BCUT2D eigenvalue weighted by atomic mass is 19.2. The number of aromatic nitrogens is 1. The van der Waals surface area contributed by atoms with Crippen LogP contribution in [0.5, 0.6) is 0 Å². The van der Waals surface area contributed by atoms with Gasteiger partial charge in [-0.25, -0.2) is 22.5 Å². The predicted octanol–water partition coefficient (Wildman–Crippen LogP) is 4.35. The largest absolute Gasteiger partial charge is 0.352 e. The van der Waals surface area contributed by atoms with Crippen LogP contribution in [0, 0.1) is 23.3 Å². The van der Waals surface area contributed by atoms with Crippen molar-refractivity contribution >= 4 is 17.4 Å². The summed E-state index contributed by atoms with van der Waals surface area (Å²) in [6.07, 6.45) is 1.84. The fourth-order valence-electron chi connectivity index (χ4n) is 2.47. The summed E-state index contributed by atoms with van der Waals surface area (Å²) in [7, 11) is 0. The lowest BCUT2D eigenvalue weighted by Crippen LogP contribution is -2.25.